The minimum atomic E-state index is 0.394. The summed E-state index contributed by atoms with van der Waals surface area (Å²) in [6, 6.07) is 0.394. The molecule has 1 rings (SSSR count). The van der Waals surface area contributed by atoms with Crippen molar-refractivity contribution in [3.63, 3.8) is 0 Å². The Kier molecular flexibility index (Phi) is 1.62. The first kappa shape index (κ1) is 6.00. The van der Waals surface area contributed by atoms with Gasteiger partial charge in [0, 0.05) is 6.54 Å². The lowest BCUT2D eigenvalue weighted by molar-refractivity contribution is 0.353. The standard InChI is InChI=1S/C4H7N4O/c1-3-8-4(9-2)5-6-7-8/h1,3H2,2H3. The molecule has 9 heavy (non-hydrogen) atoms. The molecule has 49 valence electrons. The molecule has 0 atom stereocenters. The van der Waals surface area contributed by atoms with Crippen LogP contribution in [0.15, 0.2) is 0 Å². The second-order valence-corrected chi connectivity index (χ2v) is 1.39. The number of hydrogen-bond acceptors (Lipinski definition) is 4. The van der Waals surface area contributed by atoms with Crippen LogP contribution in [-0.2, 0) is 6.54 Å². The quantitative estimate of drug-likeness (QED) is 0.538. The molecular weight excluding hydrogens is 120 g/mol. The molecule has 0 amide bonds. The summed E-state index contributed by atoms with van der Waals surface area (Å²) >= 11 is 0. The van der Waals surface area contributed by atoms with Crippen molar-refractivity contribution in [2.75, 3.05) is 7.11 Å². The topological polar surface area (TPSA) is 52.8 Å². The first-order chi connectivity index (χ1) is 4.38. The summed E-state index contributed by atoms with van der Waals surface area (Å²) in [6.07, 6.45) is 0. The molecule has 5 nitrogen and oxygen atoms in total. The highest BCUT2D eigenvalue weighted by Crippen LogP contribution is 1.98. The molecule has 0 spiro atoms. The van der Waals surface area contributed by atoms with E-state index in [2.05, 4.69) is 22.4 Å². The van der Waals surface area contributed by atoms with Crippen LogP contribution in [-0.4, -0.2) is 27.3 Å². The molecule has 0 unspecified atom stereocenters. The van der Waals surface area contributed by atoms with E-state index in [-0.39, 0.29) is 0 Å². The van der Waals surface area contributed by atoms with Crippen molar-refractivity contribution in [2.24, 2.45) is 0 Å². The van der Waals surface area contributed by atoms with E-state index in [1.54, 1.807) is 0 Å². The van der Waals surface area contributed by atoms with Crippen LogP contribution in [0.3, 0.4) is 0 Å². The molecule has 1 aromatic rings. The molecule has 1 radical (unpaired) electrons. The van der Waals surface area contributed by atoms with Crippen LogP contribution in [0.5, 0.6) is 6.01 Å². The van der Waals surface area contributed by atoms with Gasteiger partial charge in [-0.2, -0.15) is 4.68 Å². The lowest BCUT2D eigenvalue weighted by Crippen LogP contribution is -2.00. The van der Waals surface area contributed by atoms with Crippen LogP contribution in [0.4, 0.5) is 0 Å². The number of tetrazole rings is 1. The fourth-order valence-electron chi connectivity index (χ4n) is 0.483. The summed E-state index contributed by atoms with van der Waals surface area (Å²) in [4.78, 5) is 0. The van der Waals surface area contributed by atoms with Gasteiger partial charge in [-0.15, -0.1) is 0 Å². The summed E-state index contributed by atoms with van der Waals surface area (Å²) in [5, 5.41) is 10.5. The fraction of sp³-hybridized carbons (Fsp3) is 0.500. The lowest BCUT2D eigenvalue weighted by Gasteiger charge is -1.95. The minimum absolute atomic E-state index is 0.394. The summed E-state index contributed by atoms with van der Waals surface area (Å²) in [5.74, 6) is 0. The Morgan fingerprint density at radius 2 is 2.56 bits per heavy atom. The molecule has 0 aromatic carbocycles. The maximum absolute atomic E-state index is 4.76. The lowest BCUT2D eigenvalue weighted by atomic mass is 10.8. The maximum atomic E-state index is 4.76. The Morgan fingerprint density at radius 1 is 1.78 bits per heavy atom. The van der Waals surface area contributed by atoms with Crippen molar-refractivity contribution in [3.05, 3.63) is 6.92 Å². The zero-order valence-electron chi connectivity index (χ0n) is 5.11. The molecule has 0 aliphatic heterocycles. The van der Waals surface area contributed by atoms with E-state index < -0.39 is 0 Å². The Balaban J connectivity index is 2.85. The number of methoxy groups -OCH3 is 1. The van der Waals surface area contributed by atoms with Crippen molar-refractivity contribution in [1.29, 1.82) is 0 Å². The highest BCUT2D eigenvalue weighted by molar-refractivity contribution is 4.85. The van der Waals surface area contributed by atoms with Gasteiger partial charge in [-0.05, 0) is 17.4 Å². The molecule has 0 fully saturated rings. The van der Waals surface area contributed by atoms with Gasteiger partial charge in [-0.3, -0.25) is 0 Å². The highest BCUT2D eigenvalue weighted by Gasteiger charge is 1.99. The predicted octanol–water partition coefficient (Wildman–Crippen LogP) is -0.484. The first-order valence-electron chi connectivity index (χ1n) is 2.48. The molecule has 1 aromatic heterocycles. The Labute approximate surface area is 52.6 Å². The third-order valence-electron chi connectivity index (χ3n) is 0.893. The van der Waals surface area contributed by atoms with Crippen molar-refractivity contribution < 1.29 is 4.74 Å². The number of hydrogen-bond donors (Lipinski definition) is 0. The maximum Gasteiger partial charge on any atom is 0.335 e. The Hall–Kier alpha value is -1.13. The van der Waals surface area contributed by atoms with Crippen molar-refractivity contribution in [3.8, 4) is 6.01 Å². The number of rotatable bonds is 2. The van der Waals surface area contributed by atoms with Crippen LogP contribution < -0.4 is 4.74 Å². The highest BCUT2D eigenvalue weighted by atomic mass is 16.5. The van der Waals surface area contributed by atoms with Crippen LogP contribution in [0.1, 0.15) is 0 Å². The minimum Gasteiger partial charge on any atom is -0.466 e. The molecule has 5 heteroatoms. The predicted molar refractivity (Wildman–Crippen MR) is 29.7 cm³/mol. The van der Waals surface area contributed by atoms with E-state index in [1.165, 1.54) is 11.8 Å². The van der Waals surface area contributed by atoms with Gasteiger partial charge in [0.15, 0.2) is 0 Å². The normalized spacial score (nSPS) is 9.56. The third kappa shape index (κ3) is 0.984. The van der Waals surface area contributed by atoms with Gasteiger partial charge in [-0.25, -0.2) is 0 Å². The van der Waals surface area contributed by atoms with Gasteiger partial charge in [0.2, 0.25) is 0 Å². The Morgan fingerprint density at radius 3 is 3.00 bits per heavy atom. The number of aromatic nitrogens is 4. The average Bonchev–Trinajstić information content (AvgIpc) is 2.33. The van der Waals surface area contributed by atoms with E-state index in [9.17, 15) is 0 Å². The van der Waals surface area contributed by atoms with Gasteiger partial charge < -0.3 is 4.74 Å². The van der Waals surface area contributed by atoms with Crippen LogP contribution in [0.25, 0.3) is 0 Å². The summed E-state index contributed by atoms with van der Waals surface area (Å²) < 4.78 is 6.22. The summed E-state index contributed by atoms with van der Waals surface area (Å²) in [7, 11) is 1.51. The monoisotopic (exact) mass is 127 g/mol. The van der Waals surface area contributed by atoms with Crippen LogP contribution in [0.2, 0.25) is 0 Å². The van der Waals surface area contributed by atoms with Gasteiger partial charge in [0.05, 0.1) is 7.11 Å². The first-order valence-corrected chi connectivity index (χ1v) is 2.48. The van der Waals surface area contributed by atoms with E-state index in [4.69, 9.17) is 4.74 Å². The van der Waals surface area contributed by atoms with Crippen molar-refractivity contribution in [1.82, 2.24) is 20.2 Å². The third-order valence-corrected chi connectivity index (χ3v) is 0.893. The summed E-state index contributed by atoms with van der Waals surface area (Å²) in [5.41, 5.74) is 0. The Bertz CT molecular complexity index is 166. The number of ether oxygens (including phenoxy) is 1. The number of nitrogens with zero attached hydrogens (tertiary/aromatic N) is 4. The van der Waals surface area contributed by atoms with Gasteiger partial charge >= 0.3 is 6.01 Å². The second-order valence-electron chi connectivity index (χ2n) is 1.39. The van der Waals surface area contributed by atoms with E-state index in [1.807, 2.05) is 0 Å². The largest absolute Gasteiger partial charge is 0.466 e. The summed E-state index contributed by atoms with van der Waals surface area (Å²) in [6.45, 7) is 4.06. The molecule has 0 aliphatic rings. The van der Waals surface area contributed by atoms with E-state index in [0.29, 0.717) is 12.6 Å². The zero-order chi connectivity index (χ0) is 6.69. The molecule has 0 aliphatic carbocycles. The van der Waals surface area contributed by atoms with E-state index in [0.717, 1.165) is 0 Å². The average molecular weight is 127 g/mol. The van der Waals surface area contributed by atoms with Gasteiger partial charge in [0.25, 0.3) is 0 Å². The van der Waals surface area contributed by atoms with Crippen LogP contribution in [0, 0.1) is 6.92 Å². The SMILES string of the molecule is [CH2]Cn1nnnc1OC. The van der Waals surface area contributed by atoms with Gasteiger partial charge in [0.1, 0.15) is 0 Å². The molecular formula is C4H7N4O. The fourth-order valence-corrected chi connectivity index (χ4v) is 0.483. The van der Waals surface area contributed by atoms with E-state index >= 15 is 0 Å². The zero-order valence-corrected chi connectivity index (χ0v) is 5.11. The molecule has 1 heterocycles. The molecule has 0 bridgehead atoms. The second kappa shape index (κ2) is 2.43. The molecule has 0 saturated carbocycles. The van der Waals surface area contributed by atoms with Crippen molar-refractivity contribution >= 4 is 0 Å². The smallest absolute Gasteiger partial charge is 0.335 e. The molecule has 0 saturated heterocycles. The van der Waals surface area contributed by atoms with Crippen molar-refractivity contribution in [2.45, 2.75) is 6.54 Å². The molecule has 0 N–H and O–H groups in total. The van der Waals surface area contributed by atoms with Crippen LogP contribution >= 0.6 is 0 Å². The van der Waals surface area contributed by atoms with Gasteiger partial charge in [-0.1, -0.05) is 5.10 Å².